The second-order valence-corrected chi connectivity index (χ2v) is 6.62. The summed E-state index contributed by atoms with van der Waals surface area (Å²) < 4.78 is 6.31. The lowest BCUT2D eigenvalue weighted by Gasteiger charge is -2.16. The molecule has 0 amide bonds. The van der Waals surface area contributed by atoms with Crippen molar-refractivity contribution in [2.75, 3.05) is 11.9 Å². The highest BCUT2D eigenvalue weighted by Crippen LogP contribution is 2.25. The molecule has 7 nitrogen and oxygen atoms in total. The second-order valence-electron chi connectivity index (χ2n) is 5.63. The first-order valence-electron chi connectivity index (χ1n) is 8.14. The number of aliphatic hydroxyl groups is 1. The zero-order valence-corrected chi connectivity index (χ0v) is 14.7. The highest BCUT2D eigenvalue weighted by atomic mass is 32.1. The third kappa shape index (κ3) is 4.34. The summed E-state index contributed by atoms with van der Waals surface area (Å²) in [6.07, 6.45) is 1.72. The molecule has 0 aliphatic carbocycles. The summed E-state index contributed by atoms with van der Waals surface area (Å²) >= 11 is 1.04. The lowest BCUT2D eigenvalue weighted by Crippen LogP contribution is -2.24. The van der Waals surface area contributed by atoms with Gasteiger partial charge in [-0.1, -0.05) is 55.0 Å². The Kier molecular flexibility index (Phi) is 5.62. The number of rotatable bonds is 8. The third-order valence-electron chi connectivity index (χ3n) is 3.67. The zero-order chi connectivity index (χ0) is 17.6. The number of nitrogens with zero attached hydrogens (tertiary/aromatic N) is 2. The lowest BCUT2D eigenvalue weighted by atomic mass is 10.2. The molecule has 2 heterocycles. The second kappa shape index (κ2) is 8.09. The fourth-order valence-electron chi connectivity index (χ4n) is 2.46. The van der Waals surface area contributed by atoms with E-state index in [1.165, 1.54) is 0 Å². The number of nitrogens with one attached hydrogen (secondary N) is 2. The summed E-state index contributed by atoms with van der Waals surface area (Å²) in [5.41, 5.74) is 1.43. The Bertz CT molecular complexity index is 878. The molecule has 132 valence electrons. The van der Waals surface area contributed by atoms with Gasteiger partial charge >= 0.3 is 10.9 Å². The largest absolute Gasteiger partial charge is 0.458 e. The number of fused-ring (bicyclic) bond motifs is 1. The highest BCUT2D eigenvalue weighted by Gasteiger charge is 2.15. The van der Waals surface area contributed by atoms with E-state index in [9.17, 15) is 9.90 Å². The topological polar surface area (TPSA) is 100 Å². The minimum atomic E-state index is -0.205. The van der Waals surface area contributed by atoms with Crippen LogP contribution in [0.4, 0.5) is 5.82 Å². The normalized spacial score (nSPS) is 12.2. The van der Waals surface area contributed by atoms with Crippen molar-refractivity contribution in [3.05, 3.63) is 45.6 Å². The molecule has 2 aromatic heterocycles. The summed E-state index contributed by atoms with van der Waals surface area (Å²) in [7, 11) is 0. The number of aliphatic hydroxyl groups excluding tert-OH is 1. The SMILES string of the molecule is CCC[C@H](CO)Nc1nc(OCc2ccccc2)nc2[nH]c(=O)sc12. The molecule has 8 heteroatoms. The first kappa shape index (κ1) is 17.4. The molecule has 1 atom stereocenters. The van der Waals surface area contributed by atoms with E-state index >= 15 is 0 Å². The Balaban J connectivity index is 1.87. The molecule has 3 aromatic rings. The average molecular weight is 360 g/mol. The number of hydrogen-bond acceptors (Lipinski definition) is 7. The number of aromatic amines is 1. The summed E-state index contributed by atoms with van der Waals surface area (Å²) in [4.78, 5) is 22.8. The molecule has 0 unspecified atom stereocenters. The van der Waals surface area contributed by atoms with E-state index in [-0.39, 0.29) is 23.5 Å². The maximum atomic E-state index is 11.7. The van der Waals surface area contributed by atoms with Crippen LogP contribution in [0.1, 0.15) is 25.3 Å². The van der Waals surface area contributed by atoms with Gasteiger partial charge in [0, 0.05) is 0 Å². The molecule has 0 spiro atoms. The first-order valence-corrected chi connectivity index (χ1v) is 8.96. The number of hydrogen-bond donors (Lipinski definition) is 3. The van der Waals surface area contributed by atoms with Crippen LogP contribution in [-0.2, 0) is 6.61 Å². The molecule has 0 bridgehead atoms. The molecule has 0 saturated carbocycles. The van der Waals surface area contributed by atoms with Crippen molar-refractivity contribution < 1.29 is 9.84 Å². The predicted octanol–water partition coefficient (Wildman–Crippen LogP) is 2.53. The minimum Gasteiger partial charge on any atom is -0.458 e. The van der Waals surface area contributed by atoms with Crippen molar-refractivity contribution in [3.8, 4) is 6.01 Å². The van der Waals surface area contributed by atoms with Crippen molar-refractivity contribution in [3.63, 3.8) is 0 Å². The van der Waals surface area contributed by atoms with Crippen LogP contribution in [0.2, 0.25) is 0 Å². The van der Waals surface area contributed by atoms with Crippen LogP contribution in [0.15, 0.2) is 35.1 Å². The number of ether oxygens (including phenoxy) is 1. The number of aromatic nitrogens is 3. The summed E-state index contributed by atoms with van der Waals surface area (Å²) in [6.45, 7) is 2.36. The van der Waals surface area contributed by atoms with Crippen LogP contribution in [-0.4, -0.2) is 32.7 Å². The van der Waals surface area contributed by atoms with Crippen molar-refractivity contribution >= 4 is 27.5 Å². The van der Waals surface area contributed by atoms with E-state index in [0.717, 1.165) is 29.7 Å². The average Bonchev–Trinajstić information content (AvgIpc) is 3.01. The molecule has 25 heavy (non-hydrogen) atoms. The van der Waals surface area contributed by atoms with E-state index in [1.807, 2.05) is 37.3 Å². The molecular weight excluding hydrogens is 340 g/mol. The summed E-state index contributed by atoms with van der Waals surface area (Å²) in [5, 5.41) is 12.7. The van der Waals surface area contributed by atoms with Crippen LogP contribution >= 0.6 is 11.3 Å². The highest BCUT2D eigenvalue weighted by molar-refractivity contribution is 7.16. The zero-order valence-electron chi connectivity index (χ0n) is 13.9. The van der Waals surface area contributed by atoms with Gasteiger partial charge in [0.15, 0.2) is 11.5 Å². The van der Waals surface area contributed by atoms with Crippen LogP contribution in [0.5, 0.6) is 6.01 Å². The maximum absolute atomic E-state index is 11.7. The van der Waals surface area contributed by atoms with E-state index in [0.29, 0.717) is 22.8 Å². The van der Waals surface area contributed by atoms with E-state index in [4.69, 9.17) is 4.74 Å². The van der Waals surface area contributed by atoms with E-state index in [2.05, 4.69) is 20.3 Å². The quantitative estimate of drug-likeness (QED) is 0.571. The number of anilines is 1. The van der Waals surface area contributed by atoms with Crippen LogP contribution in [0, 0.1) is 0 Å². The van der Waals surface area contributed by atoms with Crippen molar-refractivity contribution in [1.29, 1.82) is 0 Å². The first-order chi connectivity index (χ1) is 12.2. The molecule has 0 fully saturated rings. The van der Waals surface area contributed by atoms with Gasteiger partial charge in [-0.05, 0) is 12.0 Å². The number of thiazole rings is 1. The van der Waals surface area contributed by atoms with Crippen molar-refractivity contribution in [2.24, 2.45) is 0 Å². The van der Waals surface area contributed by atoms with Gasteiger partial charge in [-0.25, -0.2) is 0 Å². The van der Waals surface area contributed by atoms with Gasteiger partial charge in [0.1, 0.15) is 11.3 Å². The van der Waals surface area contributed by atoms with Crippen LogP contribution in [0.25, 0.3) is 10.3 Å². The lowest BCUT2D eigenvalue weighted by molar-refractivity contribution is 0.267. The fraction of sp³-hybridized carbons (Fsp3) is 0.353. The van der Waals surface area contributed by atoms with Crippen molar-refractivity contribution in [1.82, 2.24) is 15.0 Å². The van der Waals surface area contributed by atoms with Crippen molar-refractivity contribution in [2.45, 2.75) is 32.4 Å². The number of H-pyrrole nitrogens is 1. The molecule has 0 saturated heterocycles. The molecule has 0 aliphatic rings. The van der Waals surface area contributed by atoms with Gasteiger partial charge < -0.3 is 15.2 Å². The predicted molar refractivity (Wildman–Crippen MR) is 98.2 cm³/mol. The standard InChI is InChI=1S/C17H20N4O3S/c1-2-6-12(9-22)18-14-13-15(21-17(23)25-13)20-16(19-14)24-10-11-7-4-3-5-8-11/h3-5,7-8,12,22H,2,6,9-10H2,1H3,(H2,18,19,20,21,23)/t12-/m1/s1. The van der Waals surface area contributed by atoms with Gasteiger partial charge in [0.05, 0.1) is 12.6 Å². The van der Waals surface area contributed by atoms with E-state index in [1.54, 1.807) is 0 Å². The smallest absolute Gasteiger partial charge is 0.320 e. The molecule has 0 radical (unpaired) electrons. The van der Waals surface area contributed by atoms with Gasteiger partial charge in [0.2, 0.25) is 0 Å². The van der Waals surface area contributed by atoms with Gasteiger partial charge in [-0.2, -0.15) is 9.97 Å². The Morgan fingerprint density at radius 2 is 2.12 bits per heavy atom. The fourth-order valence-corrected chi connectivity index (χ4v) is 3.19. The Morgan fingerprint density at radius 1 is 1.32 bits per heavy atom. The molecule has 3 N–H and O–H groups in total. The van der Waals surface area contributed by atoms with Crippen LogP contribution in [0.3, 0.4) is 0 Å². The summed E-state index contributed by atoms with van der Waals surface area (Å²) in [5.74, 6) is 0.504. The van der Waals surface area contributed by atoms with E-state index < -0.39 is 0 Å². The third-order valence-corrected chi connectivity index (χ3v) is 4.55. The Morgan fingerprint density at radius 3 is 2.84 bits per heavy atom. The molecule has 3 rings (SSSR count). The summed E-state index contributed by atoms with van der Waals surface area (Å²) in [6, 6.07) is 9.75. The Hall–Kier alpha value is -2.45. The van der Waals surface area contributed by atoms with Gasteiger partial charge in [-0.15, -0.1) is 0 Å². The Labute approximate surface area is 148 Å². The molecule has 0 aliphatic heterocycles. The maximum Gasteiger partial charge on any atom is 0.320 e. The molecular formula is C17H20N4O3S. The minimum absolute atomic E-state index is 0.0150. The molecule has 1 aromatic carbocycles. The van der Waals surface area contributed by atoms with Crippen LogP contribution < -0.4 is 14.9 Å². The monoisotopic (exact) mass is 360 g/mol. The number of benzene rings is 1. The van der Waals surface area contributed by atoms with Gasteiger partial charge in [0.25, 0.3) is 0 Å². The van der Waals surface area contributed by atoms with Gasteiger partial charge in [-0.3, -0.25) is 9.78 Å².